The van der Waals surface area contributed by atoms with Crippen molar-refractivity contribution in [2.24, 2.45) is 4.99 Å². The van der Waals surface area contributed by atoms with Crippen LogP contribution in [0.5, 0.6) is 5.75 Å². The minimum Gasteiger partial charge on any atom is -0.507 e. The normalized spacial score (nSPS) is 11.4. The van der Waals surface area contributed by atoms with E-state index in [0.29, 0.717) is 24.2 Å². The number of halogens is 1. The highest BCUT2D eigenvalue weighted by atomic mass is 79.9. The zero-order chi connectivity index (χ0) is 15.9. The Hall–Kier alpha value is -2.14. The summed E-state index contributed by atoms with van der Waals surface area (Å²) in [4.78, 5) is 15.1. The molecular formula is C17H16BrNO3. The van der Waals surface area contributed by atoms with Gasteiger partial charge in [-0.2, -0.15) is 0 Å². The molecule has 2 aromatic rings. The molecule has 0 atom stereocenters. The molecule has 0 amide bonds. The molecule has 0 heterocycles. The van der Waals surface area contributed by atoms with Gasteiger partial charge in [-0.1, -0.05) is 46.3 Å². The molecule has 114 valence electrons. The van der Waals surface area contributed by atoms with Crippen LogP contribution in [-0.2, 0) is 4.79 Å². The number of aromatic hydroxyl groups is 1. The number of phenols is 1. The summed E-state index contributed by atoms with van der Waals surface area (Å²) in [6.07, 6.45) is 0.543. The average Bonchev–Trinajstić information content (AvgIpc) is 2.49. The summed E-state index contributed by atoms with van der Waals surface area (Å²) in [6, 6.07) is 14.8. The topological polar surface area (TPSA) is 69.9 Å². The summed E-state index contributed by atoms with van der Waals surface area (Å²) in [5, 5.41) is 18.9. The Morgan fingerprint density at radius 1 is 1.14 bits per heavy atom. The van der Waals surface area contributed by atoms with E-state index in [1.54, 1.807) is 12.1 Å². The van der Waals surface area contributed by atoms with Gasteiger partial charge in [0.15, 0.2) is 0 Å². The second-order valence-corrected chi connectivity index (χ2v) is 5.67. The van der Waals surface area contributed by atoms with Crippen LogP contribution in [0.15, 0.2) is 58.0 Å². The largest absolute Gasteiger partial charge is 0.507 e. The third-order valence-electron chi connectivity index (χ3n) is 3.08. The number of phenolic OH excluding ortho intramolecular Hbond substituents is 1. The Morgan fingerprint density at radius 2 is 1.86 bits per heavy atom. The van der Waals surface area contributed by atoms with E-state index in [0.717, 1.165) is 10.0 Å². The lowest BCUT2D eigenvalue weighted by atomic mass is 10.0. The van der Waals surface area contributed by atoms with Gasteiger partial charge in [-0.05, 0) is 24.6 Å². The van der Waals surface area contributed by atoms with E-state index in [1.807, 2.05) is 36.4 Å². The van der Waals surface area contributed by atoms with E-state index in [9.17, 15) is 9.90 Å². The van der Waals surface area contributed by atoms with Gasteiger partial charge in [0, 0.05) is 28.6 Å². The third kappa shape index (κ3) is 4.43. The first kappa shape index (κ1) is 16.2. The number of benzene rings is 2. The highest BCUT2D eigenvalue weighted by molar-refractivity contribution is 9.10. The molecule has 0 saturated carbocycles. The molecular weight excluding hydrogens is 346 g/mol. The zero-order valence-electron chi connectivity index (χ0n) is 11.9. The number of aliphatic carboxylic acids is 1. The van der Waals surface area contributed by atoms with Crippen LogP contribution in [0.3, 0.4) is 0 Å². The van der Waals surface area contributed by atoms with Crippen LogP contribution in [0.2, 0.25) is 0 Å². The van der Waals surface area contributed by atoms with Crippen LogP contribution in [0.1, 0.15) is 24.0 Å². The molecule has 2 aromatic carbocycles. The maximum Gasteiger partial charge on any atom is 0.303 e. The number of nitrogens with zero attached hydrogens (tertiary/aromatic N) is 1. The van der Waals surface area contributed by atoms with E-state index < -0.39 is 5.97 Å². The van der Waals surface area contributed by atoms with Gasteiger partial charge < -0.3 is 10.2 Å². The summed E-state index contributed by atoms with van der Waals surface area (Å²) in [6.45, 7) is 0.395. The van der Waals surface area contributed by atoms with Crippen molar-refractivity contribution in [2.75, 3.05) is 6.54 Å². The highest BCUT2D eigenvalue weighted by Gasteiger charge is 2.11. The Bertz CT molecular complexity index is 684. The van der Waals surface area contributed by atoms with Gasteiger partial charge in [0.05, 0.1) is 5.71 Å². The second kappa shape index (κ2) is 7.75. The molecule has 0 saturated heterocycles. The average molecular weight is 362 g/mol. The van der Waals surface area contributed by atoms with E-state index in [1.165, 1.54) is 0 Å². The van der Waals surface area contributed by atoms with Crippen LogP contribution in [-0.4, -0.2) is 28.4 Å². The number of hydrogen-bond donors (Lipinski definition) is 2. The van der Waals surface area contributed by atoms with Crippen LogP contribution in [0.4, 0.5) is 0 Å². The second-order valence-electron chi connectivity index (χ2n) is 4.76. The first-order chi connectivity index (χ1) is 10.6. The van der Waals surface area contributed by atoms with Crippen molar-refractivity contribution < 1.29 is 15.0 Å². The van der Waals surface area contributed by atoms with Crippen molar-refractivity contribution in [3.05, 3.63) is 64.1 Å². The van der Waals surface area contributed by atoms with Crippen LogP contribution >= 0.6 is 15.9 Å². The van der Waals surface area contributed by atoms with Crippen molar-refractivity contribution in [1.82, 2.24) is 0 Å². The molecule has 0 unspecified atom stereocenters. The molecule has 0 aromatic heterocycles. The Balaban J connectivity index is 2.33. The van der Waals surface area contributed by atoms with Gasteiger partial charge in [-0.3, -0.25) is 9.79 Å². The summed E-state index contributed by atoms with van der Waals surface area (Å²) < 4.78 is 0.784. The van der Waals surface area contributed by atoms with E-state index in [4.69, 9.17) is 5.11 Å². The summed E-state index contributed by atoms with van der Waals surface area (Å²) in [7, 11) is 0. The maximum atomic E-state index is 10.6. The number of hydrogen-bond acceptors (Lipinski definition) is 3. The predicted molar refractivity (Wildman–Crippen MR) is 89.6 cm³/mol. The highest BCUT2D eigenvalue weighted by Crippen LogP contribution is 2.25. The first-order valence-electron chi connectivity index (χ1n) is 6.88. The molecule has 0 fully saturated rings. The monoisotopic (exact) mass is 361 g/mol. The van der Waals surface area contributed by atoms with Gasteiger partial charge in [-0.15, -0.1) is 0 Å². The number of carboxylic acid groups (broad SMARTS) is 1. The van der Waals surface area contributed by atoms with Gasteiger partial charge in [0.2, 0.25) is 0 Å². The molecule has 4 nitrogen and oxygen atoms in total. The van der Waals surface area contributed by atoms with Crippen molar-refractivity contribution in [3.63, 3.8) is 0 Å². The molecule has 0 aliphatic rings. The quantitative estimate of drug-likeness (QED) is 0.606. The van der Waals surface area contributed by atoms with Gasteiger partial charge >= 0.3 is 5.97 Å². The standard InChI is InChI=1S/C17H16BrNO3/c18-13-8-9-14(15(20)11-13)17(12-5-2-1-3-6-12)19-10-4-7-16(21)22/h1-3,5-6,8-9,11,20H,4,7,10H2,(H,21,22). The number of carboxylic acids is 1. The SMILES string of the molecule is O=C(O)CCCN=C(c1ccccc1)c1ccc(Br)cc1O. The van der Waals surface area contributed by atoms with Gasteiger partial charge in [-0.25, -0.2) is 0 Å². The maximum absolute atomic E-state index is 10.6. The fraction of sp³-hybridized carbons (Fsp3) is 0.176. The zero-order valence-corrected chi connectivity index (χ0v) is 13.5. The Labute approximate surface area is 137 Å². The van der Waals surface area contributed by atoms with Crippen molar-refractivity contribution in [1.29, 1.82) is 0 Å². The van der Waals surface area contributed by atoms with Crippen molar-refractivity contribution in [2.45, 2.75) is 12.8 Å². The Kier molecular flexibility index (Phi) is 5.72. The third-order valence-corrected chi connectivity index (χ3v) is 3.57. The molecule has 5 heteroatoms. The minimum atomic E-state index is -0.831. The van der Waals surface area contributed by atoms with Gasteiger partial charge in [0.1, 0.15) is 5.75 Å². The lowest BCUT2D eigenvalue weighted by molar-refractivity contribution is -0.137. The molecule has 0 aliphatic heterocycles. The van der Waals surface area contributed by atoms with Crippen LogP contribution in [0, 0.1) is 0 Å². The fourth-order valence-electron chi connectivity index (χ4n) is 2.05. The molecule has 2 rings (SSSR count). The van der Waals surface area contributed by atoms with E-state index in [-0.39, 0.29) is 12.2 Å². The smallest absolute Gasteiger partial charge is 0.303 e. The minimum absolute atomic E-state index is 0.0812. The lowest BCUT2D eigenvalue weighted by Crippen LogP contribution is -2.06. The lowest BCUT2D eigenvalue weighted by Gasteiger charge is -2.10. The van der Waals surface area contributed by atoms with E-state index in [2.05, 4.69) is 20.9 Å². The van der Waals surface area contributed by atoms with Gasteiger partial charge in [0.25, 0.3) is 0 Å². The molecule has 0 aliphatic carbocycles. The molecule has 0 bridgehead atoms. The summed E-state index contributed by atoms with van der Waals surface area (Å²) in [5.41, 5.74) is 2.18. The number of rotatable bonds is 6. The molecule has 0 spiro atoms. The number of aliphatic imine (C=N–C) groups is 1. The van der Waals surface area contributed by atoms with Crippen LogP contribution < -0.4 is 0 Å². The number of carbonyl (C=O) groups is 1. The predicted octanol–water partition coefficient (Wildman–Crippen LogP) is 3.86. The fourth-order valence-corrected chi connectivity index (χ4v) is 2.40. The first-order valence-corrected chi connectivity index (χ1v) is 7.68. The summed E-state index contributed by atoms with van der Waals surface area (Å²) >= 11 is 3.32. The molecule has 0 radical (unpaired) electrons. The molecule has 22 heavy (non-hydrogen) atoms. The van der Waals surface area contributed by atoms with Crippen LogP contribution in [0.25, 0.3) is 0 Å². The Morgan fingerprint density at radius 3 is 2.50 bits per heavy atom. The van der Waals surface area contributed by atoms with Crippen molar-refractivity contribution >= 4 is 27.6 Å². The molecule has 2 N–H and O–H groups in total. The summed E-state index contributed by atoms with van der Waals surface area (Å²) in [5.74, 6) is -0.696. The van der Waals surface area contributed by atoms with E-state index >= 15 is 0 Å². The van der Waals surface area contributed by atoms with Crippen molar-refractivity contribution in [3.8, 4) is 5.75 Å².